The van der Waals surface area contributed by atoms with Gasteiger partial charge in [-0.2, -0.15) is 13.2 Å². The first-order valence-corrected chi connectivity index (χ1v) is 6.99. The summed E-state index contributed by atoms with van der Waals surface area (Å²) in [5, 5.41) is 12.1. The van der Waals surface area contributed by atoms with Gasteiger partial charge in [0.1, 0.15) is 5.75 Å². The van der Waals surface area contributed by atoms with Crippen molar-refractivity contribution in [2.45, 2.75) is 19.1 Å². The van der Waals surface area contributed by atoms with Gasteiger partial charge in [-0.25, -0.2) is 0 Å². The van der Waals surface area contributed by atoms with Gasteiger partial charge in [0.05, 0.1) is 5.56 Å². The first-order chi connectivity index (χ1) is 9.77. The molecule has 0 saturated heterocycles. The van der Waals surface area contributed by atoms with Gasteiger partial charge in [-0.1, -0.05) is 28.1 Å². The molecule has 112 valence electrons. The highest BCUT2D eigenvalue weighted by molar-refractivity contribution is 9.10. The Balaban J connectivity index is 2.29. The molecule has 2 N–H and O–H groups in total. The van der Waals surface area contributed by atoms with Crippen molar-refractivity contribution in [3.8, 4) is 5.75 Å². The molecular formula is C15H13BrF3NO. The normalized spacial score (nSPS) is 13.0. The number of hydrogen-bond donors (Lipinski definition) is 2. The Hall–Kier alpha value is -1.69. The summed E-state index contributed by atoms with van der Waals surface area (Å²) in [6.45, 7) is 1.76. The summed E-state index contributed by atoms with van der Waals surface area (Å²) < 4.78 is 39.5. The molecule has 0 aliphatic carbocycles. The van der Waals surface area contributed by atoms with Crippen LogP contribution in [0.5, 0.6) is 5.75 Å². The summed E-state index contributed by atoms with van der Waals surface area (Å²) in [6, 6.07) is 10.0. The summed E-state index contributed by atoms with van der Waals surface area (Å²) in [5.41, 5.74) is 0.0811. The second-order valence-corrected chi connectivity index (χ2v) is 5.56. The number of hydrogen-bond acceptors (Lipinski definition) is 2. The average Bonchev–Trinajstić information content (AvgIpc) is 2.40. The number of halogens is 4. The zero-order valence-corrected chi connectivity index (χ0v) is 12.7. The molecule has 0 bridgehead atoms. The molecule has 0 aliphatic rings. The van der Waals surface area contributed by atoms with Gasteiger partial charge in [-0.15, -0.1) is 0 Å². The van der Waals surface area contributed by atoms with Crippen molar-refractivity contribution in [2.75, 3.05) is 5.32 Å². The molecule has 0 aromatic heterocycles. The van der Waals surface area contributed by atoms with E-state index in [1.165, 1.54) is 18.2 Å². The molecule has 1 atom stereocenters. The van der Waals surface area contributed by atoms with Crippen molar-refractivity contribution in [3.63, 3.8) is 0 Å². The van der Waals surface area contributed by atoms with Crippen molar-refractivity contribution in [3.05, 3.63) is 58.1 Å². The quantitative estimate of drug-likeness (QED) is 0.774. The van der Waals surface area contributed by atoms with E-state index in [9.17, 15) is 18.3 Å². The molecule has 2 rings (SSSR count). The summed E-state index contributed by atoms with van der Waals surface area (Å²) in [4.78, 5) is 0. The van der Waals surface area contributed by atoms with Crippen LogP contribution in [0, 0.1) is 0 Å². The second-order valence-electron chi connectivity index (χ2n) is 4.65. The van der Waals surface area contributed by atoms with E-state index in [-0.39, 0.29) is 17.5 Å². The lowest BCUT2D eigenvalue weighted by Crippen LogP contribution is -2.13. The van der Waals surface area contributed by atoms with E-state index in [4.69, 9.17) is 0 Å². The summed E-state index contributed by atoms with van der Waals surface area (Å²) in [5.74, 6) is 0.116. The fourth-order valence-corrected chi connectivity index (χ4v) is 2.32. The fourth-order valence-electron chi connectivity index (χ4n) is 1.96. The Morgan fingerprint density at radius 3 is 2.29 bits per heavy atom. The van der Waals surface area contributed by atoms with Crippen LogP contribution in [0.15, 0.2) is 46.9 Å². The Bertz CT molecular complexity index is 626. The monoisotopic (exact) mass is 359 g/mol. The Morgan fingerprint density at radius 2 is 1.71 bits per heavy atom. The summed E-state index contributed by atoms with van der Waals surface area (Å²) in [7, 11) is 0. The topological polar surface area (TPSA) is 32.3 Å². The van der Waals surface area contributed by atoms with Crippen LogP contribution in [-0.4, -0.2) is 5.11 Å². The lowest BCUT2D eigenvalue weighted by Gasteiger charge is -2.20. The van der Waals surface area contributed by atoms with Crippen LogP contribution in [0.2, 0.25) is 0 Å². The summed E-state index contributed by atoms with van der Waals surface area (Å²) >= 11 is 3.05. The zero-order valence-electron chi connectivity index (χ0n) is 11.1. The van der Waals surface area contributed by atoms with E-state index in [1.807, 2.05) is 0 Å². The maximum atomic E-state index is 13.0. The van der Waals surface area contributed by atoms with Gasteiger partial charge in [0.2, 0.25) is 0 Å². The average molecular weight is 360 g/mol. The van der Waals surface area contributed by atoms with Crippen molar-refractivity contribution < 1.29 is 18.3 Å². The number of alkyl halides is 3. The first-order valence-electron chi connectivity index (χ1n) is 6.19. The number of nitrogens with one attached hydrogen (secondary N) is 1. The molecule has 2 aromatic carbocycles. The largest absolute Gasteiger partial charge is 0.508 e. The number of benzene rings is 2. The van der Waals surface area contributed by atoms with Crippen LogP contribution in [0.25, 0.3) is 0 Å². The maximum absolute atomic E-state index is 13.0. The molecule has 2 aromatic rings. The summed E-state index contributed by atoms with van der Waals surface area (Å²) in [6.07, 6.45) is -4.43. The van der Waals surface area contributed by atoms with Crippen molar-refractivity contribution >= 4 is 21.6 Å². The second kappa shape index (κ2) is 5.97. The van der Waals surface area contributed by atoms with Gasteiger partial charge in [0, 0.05) is 16.2 Å². The predicted octanol–water partition coefficient (Wildman–Crippen LogP) is 5.35. The molecule has 6 heteroatoms. The molecule has 0 fully saturated rings. The van der Waals surface area contributed by atoms with E-state index in [2.05, 4.69) is 21.2 Å². The third-order valence-corrected chi connectivity index (χ3v) is 3.55. The first kappa shape index (κ1) is 15.7. The smallest absolute Gasteiger partial charge is 0.418 e. The lowest BCUT2D eigenvalue weighted by atomic mass is 10.1. The third-order valence-electron chi connectivity index (χ3n) is 3.05. The van der Waals surface area contributed by atoms with Crippen LogP contribution in [0.1, 0.15) is 24.1 Å². The highest BCUT2D eigenvalue weighted by Crippen LogP contribution is 2.37. The van der Waals surface area contributed by atoms with Crippen LogP contribution in [0.4, 0.5) is 18.9 Å². The lowest BCUT2D eigenvalue weighted by molar-refractivity contribution is -0.137. The molecular weight excluding hydrogens is 347 g/mol. The van der Waals surface area contributed by atoms with Gasteiger partial charge < -0.3 is 10.4 Å². The van der Waals surface area contributed by atoms with E-state index in [0.717, 1.165) is 11.6 Å². The van der Waals surface area contributed by atoms with Gasteiger partial charge in [0.15, 0.2) is 0 Å². The van der Waals surface area contributed by atoms with Crippen LogP contribution >= 0.6 is 15.9 Å². The Labute approximate surface area is 128 Å². The van der Waals surface area contributed by atoms with Crippen LogP contribution in [-0.2, 0) is 6.18 Å². The molecule has 0 radical (unpaired) electrons. The molecule has 0 heterocycles. The van der Waals surface area contributed by atoms with Crippen molar-refractivity contribution in [2.24, 2.45) is 0 Å². The van der Waals surface area contributed by atoms with Crippen LogP contribution in [0.3, 0.4) is 0 Å². The Morgan fingerprint density at radius 1 is 1.10 bits per heavy atom. The fraction of sp³-hybridized carbons (Fsp3) is 0.200. The SMILES string of the molecule is CC(Nc1ccc(Br)cc1C(F)(F)F)c1ccc(O)cc1. The van der Waals surface area contributed by atoms with Crippen molar-refractivity contribution in [1.29, 1.82) is 0 Å². The number of phenolic OH excluding ortho intramolecular Hbond substituents is 1. The third kappa shape index (κ3) is 3.91. The van der Waals surface area contributed by atoms with Crippen LogP contribution < -0.4 is 5.32 Å². The minimum absolute atomic E-state index is 0.0197. The number of anilines is 1. The van der Waals surface area contributed by atoms with E-state index >= 15 is 0 Å². The minimum atomic E-state index is -4.43. The number of phenols is 1. The molecule has 0 spiro atoms. The molecule has 2 nitrogen and oxygen atoms in total. The van der Waals surface area contributed by atoms with Gasteiger partial charge >= 0.3 is 6.18 Å². The predicted molar refractivity (Wildman–Crippen MR) is 79.3 cm³/mol. The number of rotatable bonds is 3. The molecule has 21 heavy (non-hydrogen) atoms. The van der Waals surface area contributed by atoms with Gasteiger partial charge in [0.25, 0.3) is 0 Å². The highest BCUT2D eigenvalue weighted by Gasteiger charge is 2.34. The van der Waals surface area contributed by atoms with Gasteiger partial charge in [-0.3, -0.25) is 0 Å². The van der Waals surface area contributed by atoms with E-state index in [1.54, 1.807) is 25.1 Å². The van der Waals surface area contributed by atoms with Gasteiger partial charge in [-0.05, 0) is 42.8 Å². The minimum Gasteiger partial charge on any atom is -0.508 e. The zero-order chi connectivity index (χ0) is 15.6. The number of aromatic hydroxyl groups is 1. The van der Waals surface area contributed by atoms with E-state index < -0.39 is 11.7 Å². The molecule has 1 unspecified atom stereocenters. The molecule has 0 aliphatic heterocycles. The standard InChI is InChI=1S/C15H13BrF3NO/c1-9(10-2-5-12(21)6-3-10)20-14-7-4-11(16)8-13(14)15(17,18)19/h2-9,20-21H,1H3. The Kier molecular flexibility index (Phi) is 4.46. The maximum Gasteiger partial charge on any atom is 0.418 e. The molecule has 0 saturated carbocycles. The van der Waals surface area contributed by atoms with E-state index in [0.29, 0.717) is 4.47 Å². The van der Waals surface area contributed by atoms with Crippen molar-refractivity contribution in [1.82, 2.24) is 0 Å². The highest BCUT2D eigenvalue weighted by atomic mass is 79.9. The molecule has 0 amide bonds.